The number of aromatic nitrogens is 1. The maximum Gasteiger partial charge on any atom is 0.342 e. The van der Waals surface area contributed by atoms with Gasteiger partial charge < -0.3 is 14.3 Å². The van der Waals surface area contributed by atoms with Crippen molar-refractivity contribution in [2.75, 3.05) is 0 Å². The molecule has 0 aliphatic carbocycles. The minimum atomic E-state index is -1.09. The highest BCUT2D eigenvalue weighted by atomic mass is 35.5. The quantitative estimate of drug-likeness (QED) is 0.444. The molecule has 3 aromatic rings. The van der Waals surface area contributed by atoms with Gasteiger partial charge in [0.1, 0.15) is 16.2 Å². The SMILES string of the molecule is CC(C)Oc1ccc(Cl)cc1/C=C(\Sc1nc2ccccc2o1)C(=O)O. The number of nitrogens with zero attached hydrogens (tertiary/aromatic N) is 1. The largest absolute Gasteiger partial charge is 0.490 e. The van der Waals surface area contributed by atoms with Crippen LogP contribution in [0.4, 0.5) is 0 Å². The normalized spacial score (nSPS) is 11.9. The first-order valence-corrected chi connectivity index (χ1v) is 9.06. The van der Waals surface area contributed by atoms with Crippen molar-refractivity contribution >= 4 is 46.5 Å². The summed E-state index contributed by atoms with van der Waals surface area (Å²) >= 11 is 7.00. The number of carboxylic acid groups (broad SMARTS) is 1. The highest BCUT2D eigenvalue weighted by molar-refractivity contribution is 8.03. The van der Waals surface area contributed by atoms with E-state index in [1.165, 1.54) is 6.08 Å². The molecule has 134 valence electrons. The summed E-state index contributed by atoms with van der Waals surface area (Å²) in [6, 6.07) is 12.3. The van der Waals surface area contributed by atoms with Gasteiger partial charge in [-0.05, 0) is 62.0 Å². The van der Waals surface area contributed by atoms with Crippen LogP contribution >= 0.6 is 23.4 Å². The smallest absolute Gasteiger partial charge is 0.342 e. The van der Waals surface area contributed by atoms with Gasteiger partial charge in [0, 0.05) is 10.6 Å². The lowest BCUT2D eigenvalue weighted by Gasteiger charge is -2.13. The molecule has 0 radical (unpaired) electrons. The first-order valence-electron chi connectivity index (χ1n) is 7.87. The van der Waals surface area contributed by atoms with E-state index in [-0.39, 0.29) is 16.2 Å². The van der Waals surface area contributed by atoms with Crippen molar-refractivity contribution in [2.24, 2.45) is 0 Å². The number of aliphatic carboxylic acids is 1. The standard InChI is InChI=1S/C19H16ClNO4S/c1-11(2)24-15-8-7-13(20)9-12(15)10-17(18(22)23)26-19-21-14-5-3-4-6-16(14)25-19/h3-11H,1-2H3,(H,22,23)/b17-10-. The summed E-state index contributed by atoms with van der Waals surface area (Å²) < 4.78 is 11.3. The van der Waals surface area contributed by atoms with E-state index in [4.69, 9.17) is 20.8 Å². The van der Waals surface area contributed by atoms with E-state index in [1.807, 2.05) is 26.0 Å². The maximum absolute atomic E-state index is 11.7. The van der Waals surface area contributed by atoms with E-state index >= 15 is 0 Å². The third-order valence-electron chi connectivity index (χ3n) is 3.30. The average Bonchev–Trinajstić information content (AvgIpc) is 2.98. The maximum atomic E-state index is 11.7. The molecule has 0 saturated carbocycles. The van der Waals surface area contributed by atoms with Crippen LogP contribution in [0, 0.1) is 0 Å². The van der Waals surface area contributed by atoms with E-state index in [0.717, 1.165) is 11.8 Å². The Kier molecular flexibility index (Phi) is 5.54. The molecule has 3 rings (SSSR count). The van der Waals surface area contributed by atoms with E-state index in [9.17, 15) is 9.90 Å². The summed E-state index contributed by atoms with van der Waals surface area (Å²) in [7, 11) is 0. The van der Waals surface area contributed by atoms with Gasteiger partial charge in [-0.15, -0.1) is 0 Å². The van der Waals surface area contributed by atoms with Crippen LogP contribution in [-0.2, 0) is 4.79 Å². The van der Waals surface area contributed by atoms with E-state index in [2.05, 4.69) is 4.98 Å². The molecule has 1 aromatic heterocycles. The number of oxazole rings is 1. The fraction of sp³-hybridized carbons (Fsp3) is 0.158. The number of ether oxygens (including phenoxy) is 1. The second-order valence-electron chi connectivity index (χ2n) is 5.71. The molecule has 0 bridgehead atoms. The molecule has 7 heteroatoms. The molecule has 0 aliphatic heterocycles. The van der Waals surface area contributed by atoms with Gasteiger partial charge >= 0.3 is 5.97 Å². The summed E-state index contributed by atoms with van der Waals surface area (Å²) in [6.45, 7) is 3.79. The number of hydrogen-bond donors (Lipinski definition) is 1. The molecule has 5 nitrogen and oxygen atoms in total. The molecule has 0 aliphatic rings. The fourth-order valence-corrected chi connectivity index (χ4v) is 3.18. The van der Waals surface area contributed by atoms with Gasteiger partial charge in [-0.2, -0.15) is 0 Å². The van der Waals surface area contributed by atoms with Crippen LogP contribution in [0.15, 0.2) is 57.0 Å². The summed E-state index contributed by atoms with van der Waals surface area (Å²) in [5, 5.41) is 10.3. The van der Waals surface area contributed by atoms with Crippen molar-refractivity contribution in [2.45, 2.75) is 25.2 Å². The van der Waals surface area contributed by atoms with Gasteiger partial charge in [0.15, 0.2) is 5.58 Å². The van der Waals surface area contributed by atoms with Gasteiger partial charge in [0.05, 0.1) is 6.10 Å². The zero-order valence-electron chi connectivity index (χ0n) is 14.1. The van der Waals surface area contributed by atoms with Crippen LogP contribution in [0.25, 0.3) is 17.2 Å². The van der Waals surface area contributed by atoms with Crippen LogP contribution in [0.1, 0.15) is 19.4 Å². The van der Waals surface area contributed by atoms with Crippen LogP contribution in [-0.4, -0.2) is 22.2 Å². The zero-order valence-corrected chi connectivity index (χ0v) is 15.7. The second kappa shape index (κ2) is 7.85. The van der Waals surface area contributed by atoms with Crippen molar-refractivity contribution < 1.29 is 19.1 Å². The third kappa shape index (κ3) is 4.39. The first kappa shape index (κ1) is 18.4. The van der Waals surface area contributed by atoms with Crippen molar-refractivity contribution in [3.05, 3.63) is 58.0 Å². The Morgan fingerprint density at radius 2 is 2.08 bits per heavy atom. The van der Waals surface area contributed by atoms with Crippen LogP contribution in [0.2, 0.25) is 5.02 Å². The summed E-state index contributed by atoms with van der Waals surface area (Å²) in [5.41, 5.74) is 1.85. The topological polar surface area (TPSA) is 72.6 Å². The first-order chi connectivity index (χ1) is 12.4. The molecule has 0 unspecified atom stereocenters. The lowest BCUT2D eigenvalue weighted by Crippen LogP contribution is -2.07. The summed E-state index contributed by atoms with van der Waals surface area (Å²) in [6.07, 6.45) is 1.45. The number of fused-ring (bicyclic) bond motifs is 1. The Morgan fingerprint density at radius 1 is 1.31 bits per heavy atom. The molecule has 26 heavy (non-hydrogen) atoms. The van der Waals surface area contributed by atoms with Gasteiger partial charge in [-0.3, -0.25) is 0 Å². The predicted octanol–water partition coefficient (Wildman–Crippen LogP) is 5.49. The van der Waals surface area contributed by atoms with Crippen molar-refractivity contribution in [3.8, 4) is 5.75 Å². The Bertz CT molecular complexity index is 948. The second-order valence-corrected chi connectivity index (χ2v) is 7.14. The van der Waals surface area contributed by atoms with Crippen molar-refractivity contribution in [3.63, 3.8) is 0 Å². The molecule has 0 spiro atoms. The molecule has 0 atom stereocenters. The minimum absolute atomic E-state index is 0.0485. The zero-order chi connectivity index (χ0) is 18.7. The van der Waals surface area contributed by atoms with E-state index in [1.54, 1.807) is 30.3 Å². The predicted molar refractivity (Wildman–Crippen MR) is 103 cm³/mol. The minimum Gasteiger partial charge on any atom is -0.490 e. The lowest BCUT2D eigenvalue weighted by atomic mass is 10.2. The fourth-order valence-electron chi connectivity index (χ4n) is 2.26. The molecule has 1 heterocycles. The van der Waals surface area contributed by atoms with Crippen LogP contribution in [0.5, 0.6) is 5.75 Å². The van der Waals surface area contributed by atoms with Crippen LogP contribution in [0.3, 0.4) is 0 Å². The number of carboxylic acids is 1. The molecule has 2 aromatic carbocycles. The van der Waals surface area contributed by atoms with Gasteiger partial charge in [0.25, 0.3) is 5.22 Å². The molecule has 1 N–H and O–H groups in total. The molecule has 0 fully saturated rings. The number of para-hydroxylation sites is 2. The van der Waals surface area contributed by atoms with Crippen molar-refractivity contribution in [1.82, 2.24) is 4.98 Å². The van der Waals surface area contributed by atoms with Crippen molar-refractivity contribution in [1.29, 1.82) is 0 Å². The number of benzene rings is 2. The Morgan fingerprint density at radius 3 is 2.77 bits per heavy atom. The summed E-state index contributed by atoms with van der Waals surface area (Å²) in [4.78, 5) is 16.1. The van der Waals surface area contributed by atoms with E-state index < -0.39 is 5.97 Å². The molecular formula is C19H16ClNO4S. The van der Waals surface area contributed by atoms with Crippen LogP contribution < -0.4 is 4.74 Å². The van der Waals surface area contributed by atoms with Gasteiger partial charge in [0.2, 0.25) is 0 Å². The molecular weight excluding hydrogens is 374 g/mol. The number of thioether (sulfide) groups is 1. The summed E-state index contributed by atoms with van der Waals surface area (Å²) in [5.74, 6) is -0.533. The molecule has 0 amide bonds. The Labute approximate surface area is 159 Å². The number of carbonyl (C=O) groups is 1. The highest BCUT2D eigenvalue weighted by Gasteiger charge is 2.16. The number of rotatable bonds is 6. The third-order valence-corrected chi connectivity index (χ3v) is 4.40. The van der Waals surface area contributed by atoms with Gasteiger partial charge in [-0.1, -0.05) is 23.7 Å². The van der Waals surface area contributed by atoms with Gasteiger partial charge in [-0.25, -0.2) is 9.78 Å². The lowest BCUT2D eigenvalue weighted by molar-refractivity contribution is -0.131. The molecule has 0 saturated heterocycles. The number of halogens is 1. The monoisotopic (exact) mass is 389 g/mol. The highest BCUT2D eigenvalue weighted by Crippen LogP contribution is 2.33. The average molecular weight is 390 g/mol. The Balaban J connectivity index is 1.97. The number of hydrogen-bond acceptors (Lipinski definition) is 5. The van der Waals surface area contributed by atoms with E-state index in [0.29, 0.717) is 27.4 Å². The Hall–Kier alpha value is -2.44.